The molecular formula is C11H11NO3. The number of hydrogen-bond donors (Lipinski definition) is 1. The van der Waals surface area contributed by atoms with Crippen LogP contribution in [-0.2, 0) is 11.3 Å². The number of rotatable bonds is 2. The van der Waals surface area contributed by atoms with E-state index in [2.05, 4.69) is 4.74 Å². The fourth-order valence-electron chi connectivity index (χ4n) is 1.29. The number of benzene rings is 1. The molecule has 0 aliphatic carbocycles. The van der Waals surface area contributed by atoms with Gasteiger partial charge in [0.1, 0.15) is 0 Å². The molecular weight excluding hydrogens is 194 g/mol. The van der Waals surface area contributed by atoms with Gasteiger partial charge >= 0.3 is 5.97 Å². The van der Waals surface area contributed by atoms with E-state index in [1.54, 1.807) is 6.92 Å². The summed E-state index contributed by atoms with van der Waals surface area (Å²) in [6.45, 7) is 1.52. The van der Waals surface area contributed by atoms with E-state index in [0.29, 0.717) is 16.7 Å². The van der Waals surface area contributed by atoms with Gasteiger partial charge in [0.05, 0.1) is 30.9 Å². The fraction of sp³-hybridized carbons (Fsp3) is 0.273. The van der Waals surface area contributed by atoms with Crippen molar-refractivity contribution >= 4 is 5.97 Å². The molecule has 1 rings (SSSR count). The highest BCUT2D eigenvalue weighted by Gasteiger charge is 2.11. The molecule has 0 amide bonds. The Morgan fingerprint density at radius 3 is 2.73 bits per heavy atom. The van der Waals surface area contributed by atoms with E-state index >= 15 is 0 Å². The summed E-state index contributed by atoms with van der Waals surface area (Å²) >= 11 is 0. The second kappa shape index (κ2) is 4.58. The number of aliphatic hydroxyl groups excluding tert-OH is 1. The highest BCUT2D eigenvalue weighted by atomic mass is 16.5. The summed E-state index contributed by atoms with van der Waals surface area (Å²) in [5.41, 5.74) is 1.91. The van der Waals surface area contributed by atoms with Gasteiger partial charge in [-0.3, -0.25) is 0 Å². The predicted molar refractivity (Wildman–Crippen MR) is 53.2 cm³/mol. The van der Waals surface area contributed by atoms with Crippen LogP contribution in [0.1, 0.15) is 27.0 Å². The Morgan fingerprint density at radius 1 is 1.60 bits per heavy atom. The minimum Gasteiger partial charge on any atom is -0.465 e. The van der Waals surface area contributed by atoms with Gasteiger partial charge in [0.15, 0.2) is 0 Å². The van der Waals surface area contributed by atoms with Crippen LogP contribution in [0, 0.1) is 18.3 Å². The third kappa shape index (κ3) is 2.14. The van der Waals surface area contributed by atoms with E-state index < -0.39 is 5.97 Å². The zero-order valence-corrected chi connectivity index (χ0v) is 8.57. The highest BCUT2D eigenvalue weighted by molar-refractivity contribution is 5.90. The normalized spacial score (nSPS) is 9.47. The van der Waals surface area contributed by atoms with Crippen molar-refractivity contribution in [1.82, 2.24) is 0 Å². The van der Waals surface area contributed by atoms with Crippen LogP contribution in [0.25, 0.3) is 0 Å². The molecule has 0 aliphatic rings. The quantitative estimate of drug-likeness (QED) is 0.735. The number of ether oxygens (including phenoxy) is 1. The minimum absolute atomic E-state index is 0.203. The van der Waals surface area contributed by atoms with E-state index in [-0.39, 0.29) is 12.2 Å². The standard InChI is InChI=1S/C11H11NO3/c1-7-9(5-12)3-8(11(14)15-2)4-10(7)6-13/h3-4,13H,6H2,1-2H3. The molecule has 4 nitrogen and oxygen atoms in total. The van der Waals surface area contributed by atoms with Crippen LogP contribution in [0.5, 0.6) is 0 Å². The van der Waals surface area contributed by atoms with Gasteiger partial charge in [-0.25, -0.2) is 4.79 Å². The average Bonchev–Trinajstić information content (AvgIpc) is 2.28. The Morgan fingerprint density at radius 2 is 2.27 bits per heavy atom. The molecule has 1 aromatic carbocycles. The molecule has 0 aliphatic heterocycles. The number of esters is 1. The Balaban J connectivity index is 3.34. The Hall–Kier alpha value is -1.86. The van der Waals surface area contributed by atoms with E-state index in [1.807, 2.05) is 6.07 Å². The van der Waals surface area contributed by atoms with Crippen LogP contribution in [-0.4, -0.2) is 18.2 Å². The van der Waals surface area contributed by atoms with Crippen LogP contribution < -0.4 is 0 Å². The van der Waals surface area contributed by atoms with E-state index in [4.69, 9.17) is 10.4 Å². The number of carbonyl (C=O) groups excluding carboxylic acids is 1. The van der Waals surface area contributed by atoms with Crippen molar-refractivity contribution < 1.29 is 14.6 Å². The number of methoxy groups -OCH3 is 1. The number of nitriles is 1. The number of nitrogens with zero attached hydrogens (tertiary/aromatic N) is 1. The Kier molecular flexibility index (Phi) is 3.42. The second-order valence-corrected chi connectivity index (χ2v) is 3.07. The van der Waals surface area contributed by atoms with Crippen LogP contribution in [0.15, 0.2) is 12.1 Å². The lowest BCUT2D eigenvalue weighted by Gasteiger charge is -2.07. The van der Waals surface area contributed by atoms with Gasteiger partial charge in [-0.15, -0.1) is 0 Å². The molecule has 0 spiro atoms. The SMILES string of the molecule is COC(=O)c1cc(C#N)c(C)c(CO)c1. The van der Waals surface area contributed by atoms with Crippen molar-refractivity contribution in [3.8, 4) is 6.07 Å². The van der Waals surface area contributed by atoms with Gasteiger partial charge in [-0.1, -0.05) is 0 Å². The summed E-state index contributed by atoms with van der Waals surface area (Å²) in [6.07, 6.45) is 0. The smallest absolute Gasteiger partial charge is 0.337 e. The summed E-state index contributed by atoms with van der Waals surface area (Å²) in [5, 5.41) is 17.9. The van der Waals surface area contributed by atoms with Crippen LogP contribution >= 0.6 is 0 Å². The lowest BCUT2D eigenvalue weighted by atomic mass is 10.00. The number of carbonyl (C=O) groups is 1. The molecule has 1 aromatic rings. The molecule has 0 heterocycles. The summed E-state index contributed by atoms with van der Waals surface area (Å²) in [5.74, 6) is -0.513. The fourth-order valence-corrected chi connectivity index (χ4v) is 1.29. The first-order valence-corrected chi connectivity index (χ1v) is 4.36. The first kappa shape index (κ1) is 11.2. The highest BCUT2D eigenvalue weighted by Crippen LogP contribution is 2.17. The molecule has 1 N–H and O–H groups in total. The van der Waals surface area contributed by atoms with Gasteiger partial charge in [0.2, 0.25) is 0 Å². The minimum atomic E-state index is -0.513. The molecule has 0 saturated heterocycles. The Labute approximate surface area is 87.7 Å². The third-order valence-electron chi connectivity index (χ3n) is 2.23. The van der Waals surface area contributed by atoms with Gasteiger partial charge in [-0.05, 0) is 30.2 Å². The molecule has 15 heavy (non-hydrogen) atoms. The van der Waals surface area contributed by atoms with Gasteiger partial charge < -0.3 is 9.84 Å². The maximum Gasteiger partial charge on any atom is 0.337 e. The van der Waals surface area contributed by atoms with Crippen LogP contribution in [0.3, 0.4) is 0 Å². The van der Waals surface area contributed by atoms with Crippen molar-refractivity contribution in [3.63, 3.8) is 0 Å². The van der Waals surface area contributed by atoms with Crippen molar-refractivity contribution in [3.05, 3.63) is 34.4 Å². The number of hydrogen-bond acceptors (Lipinski definition) is 4. The maximum absolute atomic E-state index is 11.2. The lowest BCUT2D eigenvalue weighted by molar-refractivity contribution is 0.0600. The van der Waals surface area contributed by atoms with E-state index in [1.165, 1.54) is 19.2 Å². The average molecular weight is 205 g/mol. The summed E-state index contributed by atoms with van der Waals surface area (Å²) in [4.78, 5) is 11.2. The van der Waals surface area contributed by atoms with Gasteiger partial charge in [0.25, 0.3) is 0 Å². The molecule has 0 aromatic heterocycles. The Bertz CT molecular complexity index is 432. The largest absolute Gasteiger partial charge is 0.465 e. The van der Waals surface area contributed by atoms with Crippen molar-refractivity contribution in [2.75, 3.05) is 7.11 Å². The second-order valence-electron chi connectivity index (χ2n) is 3.07. The third-order valence-corrected chi connectivity index (χ3v) is 2.23. The molecule has 0 radical (unpaired) electrons. The molecule has 0 bridgehead atoms. The first-order valence-electron chi connectivity index (χ1n) is 4.36. The number of aliphatic hydroxyl groups is 1. The topological polar surface area (TPSA) is 70.3 Å². The van der Waals surface area contributed by atoms with Crippen molar-refractivity contribution in [2.24, 2.45) is 0 Å². The molecule has 4 heteroatoms. The molecule has 0 unspecified atom stereocenters. The van der Waals surface area contributed by atoms with E-state index in [9.17, 15) is 4.79 Å². The zero-order chi connectivity index (χ0) is 11.4. The van der Waals surface area contributed by atoms with Crippen LogP contribution in [0.2, 0.25) is 0 Å². The summed E-state index contributed by atoms with van der Waals surface area (Å²) < 4.78 is 4.55. The van der Waals surface area contributed by atoms with Gasteiger partial charge in [0, 0.05) is 0 Å². The summed E-state index contributed by atoms with van der Waals surface area (Å²) in [6, 6.07) is 4.96. The maximum atomic E-state index is 11.2. The molecule has 0 fully saturated rings. The molecule has 78 valence electrons. The van der Waals surface area contributed by atoms with Crippen molar-refractivity contribution in [2.45, 2.75) is 13.5 Å². The van der Waals surface area contributed by atoms with E-state index in [0.717, 1.165) is 0 Å². The monoisotopic (exact) mass is 205 g/mol. The zero-order valence-electron chi connectivity index (χ0n) is 8.57. The lowest BCUT2D eigenvalue weighted by Crippen LogP contribution is -2.04. The van der Waals surface area contributed by atoms with Crippen LogP contribution in [0.4, 0.5) is 0 Å². The molecule has 0 saturated carbocycles. The van der Waals surface area contributed by atoms with Gasteiger partial charge in [-0.2, -0.15) is 5.26 Å². The first-order chi connectivity index (χ1) is 7.13. The summed E-state index contributed by atoms with van der Waals surface area (Å²) in [7, 11) is 1.27. The predicted octanol–water partition coefficient (Wildman–Crippen LogP) is 1.15. The van der Waals surface area contributed by atoms with Crippen molar-refractivity contribution in [1.29, 1.82) is 5.26 Å². The molecule has 0 atom stereocenters.